The summed E-state index contributed by atoms with van der Waals surface area (Å²) in [5.74, 6) is 0. The first kappa shape index (κ1) is 34.9. The van der Waals surface area contributed by atoms with Gasteiger partial charge in [0, 0.05) is 32.8 Å². The molecule has 0 amide bonds. The average molecular weight is 779 g/mol. The molecule has 0 saturated heterocycles. The molecule has 2 heterocycles. The number of benzene rings is 10. The summed E-state index contributed by atoms with van der Waals surface area (Å²) in [6.45, 7) is 0. The predicted octanol–water partition coefficient (Wildman–Crippen LogP) is 16.3. The van der Waals surface area contributed by atoms with Crippen LogP contribution in [0.5, 0.6) is 0 Å². The number of furan rings is 1. The molecule has 0 fully saturated rings. The molecule has 0 unspecified atom stereocenters. The van der Waals surface area contributed by atoms with Crippen molar-refractivity contribution < 1.29 is 4.42 Å². The fraction of sp³-hybridized carbons (Fsp3) is 0. The standard InChI is InChI=1S/C58H38N2O/c1-2-16-40(17-3-1)46-37-34-42(45-24-14-19-39-18-4-5-20-44(39)45)38-55(46)59(43-35-32-41(33-36-43)47-25-15-31-57-58(47)50-23-8-13-30-56(50)61-57)53-28-11-12-29-54(53)60-51-26-9-6-21-48(51)49-22-7-10-27-52(49)60/h1-38H. The van der Waals surface area contributed by atoms with E-state index in [0.717, 1.165) is 72.5 Å². The first-order chi connectivity index (χ1) is 30.3. The summed E-state index contributed by atoms with van der Waals surface area (Å²) in [6, 6.07) is 83.1. The van der Waals surface area contributed by atoms with Crippen LogP contribution in [0, 0.1) is 0 Å². The summed E-state index contributed by atoms with van der Waals surface area (Å²) in [7, 11) is 0. The largest absolute Gasteiger partial charge is 0.456 e. The van der Waals surface area contributed by atoms with E-state index >= 15 is 0 Å². The second-order valence-electron chi connectivity index (χ2n) is 15.6. The molecule has 2 aromatic heterocycles. The van der Waals surface area contributed by atoms with Crippen LogP contribution in [0.3, 0.4) is 0 Å². The number of rotatable bonds is 7. The van der Waals surface area contributed by atoms with Gasteiger partial charge in [-0.15, -0.1) is 0 Å². The minimum Gasteiger partial charge on any atom is -0.456 e. The lowest BCUT2D eigenvalue weighted by Gasteiger charge is -2.31. The molecule has 61 heavy (non-hydrogen) atoms. The van der Waals surface area contributed by atoms with Crippen molar-refractivity contribution in [2.75, 3.05) is 4.90 Å². The number of hydrogen-bond donors (Lipinski definition) is 0. The maximum Gasteiger partial charge on any atom is 0.136 e. The summed E-state index contributed by atoms with van der Waals surface area (Å²) in [4.78, 5) is 2.47. The fourth-order valence-corrected chi connectivity index (χ4v) is 9.46. The average Bonchev–Trinajstić information content (AvgIpc) is 3.88. The molecule has 10 aromatic carbocycles. The number of hydrogen-bond acceptors (Lipinski definition) is 2. The normalized spacial score (nSPS) is 11.6. The van der Waals surface area contributed by atoms with Crippen molar-refractivity contribution in [3.8, 4) is 39.1 Å². The minimum atomic E-state index is 0.891. The van der Waals surface area contributed by atoms with E-state index in [1.165, 1.54) is 38.1 Å². The van der Waals surface area contributed by atoms with Crippen LogP contribution in [0.4, 0.5) is 17.1 Å². The van der Waals surface area contributed by atoms with E-state index < -0.39 is 0 Å². The zero-order valence-electron chi connectivity index (χ0n) is 33.2. The molecular formula is C58H38N2O. The molecule has 0 saturated carbocycles. The maximum absolute atomic E-state index is 6.32. The van der Waals surface area contributed by atoms with E-state index in [4.69, 9.17) is 4.42 Å². The zero-order valence-corrected chi connectivity index (χ0v) is 33.2. The molecule has 0 radical (unpaired) electrons. The van der Waals surface area contributed by atoms with Crippen LogP contribution in [-0.2, 0) is 0 Å². The Bertz CT molecular complexity index is 3540. The van der Waals surface area contributed by atoms with Gasteiger partial charge in [-0.2, -0.15) is 0 Å². The highest BCUT2D eigenvalue weighted by Gasteiger charge is 2.24. The lowest BCUT2D eigenvalue weighted by molar-refractivity contribution is 0.669. The zero-order chi connectivity index (χ0) is 40.3. The van der Waals surface area contributed by atoms with Gasteiger partial charge in [-0.3, -0.25) is 0 Å². The Kier molecular flexibility index (Phi) is 8.17. The quantitative estimate of drug-likeness (QED) is 0.161. The molecule has 3 nitrogen and oxygen atoms in total. The van der Waals surface area contributed by atoms with Crippen molar-refractivity contribution in [1.82, 2.24) is 4.57 Å². The van der Waals surface area contributed by atoms with E-state index in [1.807, 2.05) is 12.1 Å². The van der Waals surface area contributed by atoms with Gasteiger partial charge in [0.05, 0.1) is 28.1 Å². The Balaban J connectivity index is 1.13. The molecule has 0 atom stereocenters. The van der Waals surface area contributed by atoms with Crippen LogP contribution in [0.15, 0.2) is 235 Å². The lowest BCUT2D eigenvalue weighted by Crippen LogP contribution is -2.14. The third-order valence-corrected chi connectivity index (χ3v) is 12.2. The summed E-state index contributed by atoms with van der Waals surface area (Å²) in [5, 5.41) is 7.16. The van der Waals surface area contributed by atoms with E-state index in [2.05, 4.69) is 228 Å². The van der Waals surface area contributed by atoms with Gasteiger partial charge in [-0.1, -0.05) is 176 Å². The van der Waals surface area contributed by atoms with Crippen LogP contribution >= 0.6 is 0 Å². The van der Waals surface area contributed by atoms with Crippen molar-refractivity contribution in [2.24, 2.45) is 0 Å². The molecule has 0 aliphatic carbocycles. The number of para-hydroxylation sites is 5. The van der Waals surface area contributed by atoms with Crippen molar-refractivity contribution in [3.05, 3.63) is 231 Å². The second-order valence-corrected chi connectivity index (χ2v) is 15.6. The van der Waals surface area contributed by atoms with E-state index in [-0.39, 0.29) is 0 Å². The Morgan fingerprint density at radius 2 is 0.918 bits per heavy atom. The van der Waals surface area contributed by atoms with Gasteiger partial charge in [0.1, 0.15) is 11.2 Å². The first-order valence-electron chi connectivity index (χ1n) is 20.8. The second kappa shape index (κ2) is 14.3. The summed E-state index contributed by atoms with van der Waals surface area (Å²) >= 11 is 0. The SMILES string of the molecule is c1ccc(-c2ccc(-c3cccc4ccccc34)cc2N(c2ccc(-c3cccc4oc5ccccc5c34)cc2)c2ccccc2-n2c3ccccc3c3ccccc32)cc1. The van der Waals surface area contributed by atoms with Gasteiger partial charge in [0.2, 0.25) is 0 Å². The maximum atomic E-state index is 6.32. The highest BCUT2D eigenvalue weighted by Crippen LogP contribution is 2.47. The minimum absolute atomic E-state index is 0.891. The first-order valence-corrected chi connectivity index (χ1v) is 20.8. The number of fused-ring (bicyclic) bond motifs is 7. The summed E-state index contributed by atoms with van der Waals surface area (Å²) < 4.78 is 8.75. The fourth-order valence-electron chi connectivity index (χ4n) is 9.46. The molecule has 3 heteroatoms. The van der Waals surface area contributed by atoms with Crippen LogP contribution < -0.4 is 4.90 Å². The summed E-state index contributed by atoms with van der Waals surface area (Å²) in [6.07, 6.45) is 0. The monoisotopic (exact) mass is 778 g/mol. The topological polar surface area (TPSA) is 21.3 Å². The predicted molar refractivity (Wildman–Crippen MR) is 257 cm³/mol. The Morgan fingerprint density at radius 1 is 0.344 bits per heavy atom. The molecule has 12 aromatic rings. The van der Waals surface area contributed by atoms with Crippen LogP contribution in [-0.4, -0.2) is 4.57 Å². The van der Waals surface area contributed by atoms with Gasteiger partial charge in [0.25, 0.3) is 0 Å². The van der Waals surface area contributed by atoms with Gasteiger partial charge in [0.15, 0.2) is 0 Å². The van der Waals surface area contributed by atoms with Crippen LogP contribution in [0.2, 0.25) is 0 Å². The van der Waals surface area contributed by atoms with Crippen LogP contribution in [0.25, 0.3) is 93.6 Å². The van der Waals surface area contributed by atoms with E-state index in [1.54, 1.807) is 0 Å². The Morgan fingerprint density at radius 3 is 1.72 bits per heavy atom. The number of aromatic nitrogens is 1. The molecule has 0 spiro atoms. The van der Waals surface area contributed by atoms with Crippen LogP contribution in [0.1, 0.15) is 0 Å². The van der Waals surface area contributed by atoms with Gasteiger partial charge in [-0.05, 0) is 93.2 Å². The smallest absolute Gasteiger partial charge is 0.136 e. The lowest BCUT2D eigenvalue weighted by atomic mass is 9.94. The Hall–Kier alpha value is -8.14. The molecular weight excluding hydrogens is 741 g/mol. The third-order valence-electron chi connectivity index (χ3n) is 12.2. The van der Waals surface area contributed by atoms with Crippen molar-refractivity contribution in [3.63, 3.8) is 0 Å². The molecule has 286 valence electrons. The van der Waals surface area contributed by atoms with Crippen molar-refractivity contribution in [1.29, 1.82) is 0 Å². The van der Waals surface area contributed by atoms with E-state index in [0.29, 0.717) is 0 Å². The summed E-state index contributed by atoms with van der Waals surface area (Å²) in [5.41, 5.74) is 15.3. The molecule has 0 bridgehead atoms. The molecule has 0 N–H and O–H groups in total. The number of nitrogens with zero attached hydrogens (tertiary/aromatic N) is 2. The molecule has 0 aliphatic rings. The van der Waals surface area contributed by atoms with Gasteiger partial charge >= 0.3 is 0 Å². The Labute approximate surface area is 353 Å². The highest BCUT2D eigenvalue weighted by atomic mass is 16.3. The van der Waals surface area contributed by atoms with Crippen molar-refractivity contribution in [2.45, 2.75) is 0 Å². The van der Waals surface area contributed by atoms with Gasteiger partial charge < -0.3 is 13.9 Å². The highest BCUT2D eigenvalue weighted by molar-refractivity contribution is 6.13. The van der Waals surface area contributed by atoms with E-state index in [9.17, 15) is 0 Å². The van der Waals surface area contributed by atoms with Gasteiger partial charge in [-0.25, -0.2) is 0 Å². The number of anilines is 3. The molecule has 0 aliphatic heterocycles. The third kappa shape index (κ3) is 5.74. The van der Waals surface area contributed by atoms with Crippen molar-refractivity contribution >= 4 is 71.6 Å². The molecule has 12 rings (SSSR count).